The molecule has 0 saturated carbocycles. The maximum atomic E-state index is 5.87. The Bertz CT molecular complexity index is 260. The summed E-state index contributed by atoms with van der Waals surface area (Å²) in [6.45, 7) is 4.75. The monoisotopic (exact) mass is 179 g/mol. The average molecular weight is 179 g/mol. The minimum Gasteiger partial charge on any atom is -0.493 e. The number of nitrogens with two attached hydrogens (primary N) is 1. The molecule has 0 radical (unpaired) electrons. The fraction of sp³-hybridized carbons (Fsp3) is 0.455. The third-order valence-electron chi connectivity index (χ3n) is 2.00. The van der Waals surface area contributed by atoms with Crippen LogP contribution in [0.3, 0.4) is 0 Å². The summed E-state index contributed by atoms with van der Waals surface area (Å²) in [7, 11) is 0. The second-order valence-corrected chi connectivity index (χ2v) is 2.78. The van der Waals surface area contributed by atoms with Gasteiger partial charge in [0, 0.05) is 18.0 Å². The molecule has 1 unspecified atom stereocenters. The molecule has 2 rings (SSSR count). The highest BCUT2D eigenvalue weighted by Gasteiger charge is 2.16. The SMILES string of the molecule is CC.NC1CCOc2ccccc21. The third kappa shape index (κ3) is 2.22. The summed E-state index contributed by atoms with van der Waals surface area (Å²) in [5.41, 5.74) is 7.00. The number of para-hydroxylation sites is 1. The van der Waals surface area contributed by atoms with Crippen molar-refractivity contribution in [3.05, 3.63) is 29.8 Å². The predicted octanol–water partition coefficient (Wildman–Crippen LogP) is 2.50. The molecule has 1 aliphatic heterocycles. The first-order valence-electron chi connectivity index (χ1n) is 4.85. The highest BCUT2D eigenvalue weighted by atomic mass is 16.5. The molecule has 1 aromatic carbocycles. The van der Waals surface area contributed by atoms with Crippen molar-refractivity contribution >= 4 is 0 Å². The van der Waals surface area contributed by atoms with Crippen LogP contribution in [0.4, 0.5) is 0 Å². The van der Waals surface area contributed by atoms with Crippen molar-refractivity contribution in [2.75, 3.05) is 6.61 Å². The largest absolute Gasteiger partial charge is 0.493 e. The van der Waals surface area contributed by atoms with E-state index in [-0.39, 0.29) is 6.04 Å². The smallest absolute Gasteiger partial charge is 0.124 e. The highest BCUT2D eigenvalue weighted by molar-refractivity contribution is 5.36. The van der Waals surface area contributed by atoms with Crippen LogP contribution >= 0.6 is 0 Å². The number of benzene rings is 1. The molecule has 1 heterocycles. The summed E-state index contributed by atoms with van der Waals surface area (Å²) in [5.74, 6) is 0.950. The van der Waals surface area contributed by atoms with Crippen molar-refractivity contribution in [3.63, 3.8) is 0 Å². The minimum atomic E-state index is 0.167. The molecule has 1 atom stereocenters. The lowest BCUT2D eigenvalue weighted by Crippen LogP contribution is -2.20. The van der Waals surface area contributed by atoms with Gasteiger partial charge in [-0.05, 0) is 6.07 Å². The molecule has 0 aliphatic carbocycles. The quantitative estimate of drug-likeness (QED) is 0.664. The van der Waals surface area contributed by atoms with Crippen molar-refractivity contribution in [1.29, 1.82) is 0 Å². The summed E-state index contributed by atoms with van der Waals surface area (Å²) in [4.78, 5) is 0. The van der Waals surface area contributed by atoms with E-state index in [0.717, 1.165) is 24.3 Å². The Morgan fingerprint density at radius 3 is 2.69 bits per heavy atom. The van der Waals surface area contributed by atoms with Gasteiger partial charge in [-0.25, -0.2) is 0 Å². The lowest BCUT2D eigenvalue weighted by molar-refractivity contribution is 0.269. The van der Waals surface area contributed by atoms with E-state index < -0.39 is 0 Å². The second kappa shape index (κ2) is 4.87. The fourth-order valence-electron chi connectivity index (χ4n) is 1.37. The number of ether oxygens (including phenoxy) is 1. The zero-order valence-electron chi connectivity index (χ0n) is 8.29. The molecule has 0 saturated heterocycles. The van der Waals surface area contributed by atoms with Gasteiger partial charge in [0.1, 0.15) is 5.75 Å². The van der Waals surface area contributed by atoms with Crippen LogP contribution in [-0.4, -0.2) is 6.61 Å². The summed E-state index contributed by atoms with van der Waals surface area (Å²) in [6.07, 6.45) is 0.928. The van der Waals surface area contributed by atoms with Crippen LogP contribution in [0, 0.1) is 0 Å². The summed E-state index contributed by atoms with van der Waals surface area (Å²) in [6, 6.07) is 8.12. The Balaban J connectivity index is 0.000000396. The van der Waals surface area contributed by atoms with Crippen molar-refractivity contribution in [2.24, 2.45) is 5.73 Å². The molecule has 13 heavy (non-hydrogen) atoms. The summed E-state index contributed by atoms with van der Waals surface area (Å²) in [5, 5.41) is 0. The number of hydrogen-bond donors (Lipinski definition) is 1. The van der Waals surface area contributed by atoms with Gasteiger partial charge in [-0.3, -0.25) is 0 Å². The molecule has 1 aliphatic rings. The molecule has 2 heteroatoms. The number of rotatable bonds is 0. The number of fused-ring (bicyclic) bond motifs is 1. The molecule has 0 bridgehead atoms. The van der Waals surface area contributed by atoms with Gasteiger partial charge >= 0.3 is 0 Å². The van der Waals surface area contributed by atoms with E-state index in [1.165, 1.54) is 0 Å². The Morgan fingerprint density at radius 2 is 2.00 bits per heavy atom. The minimum absolute atomic E-state index is 0.167. The molecule has 0 fully saturated rings. The Labute approximate surface area is 79.7 Å². The molecular formula is C11H17NO. The van der Waals surface area contributed by atoms with Crippen LogP contribution in [0.15, 0.2) is 24.3 Å². The molecule has 2 nitrogen and oxygen atoms in total. The van der Waals surface area contributed by atoms with Gasteiger partial charge in [0.15, 0.2) is 0 Å². The molecule has 0 spiro atoms. The molecule has 0 aromatic heterocycles. The van der Waals surface area contributed by atoms with Crippen LogP contribution in [-0.2, 0) is 0 Å². The first kappa shape index (κ1) is 10.1. The van der Waals surface area contributed by atoms with Gasteiger partial charge in [0.25, 0.3) is 0 Å². The van der Waals surface area contributed by atoms with Crippen molar-refractivity contribution in [2.45, 2.75) is 26.3 Å². The Morgan fingerprint density at radius 1 is 1.31 bits per heavy atom. The average Bonchev–Trinajstić information content (AvgIpc) is 2.22. The number of hydrogen-bond acceptors (Lipinski definition) is 2. The van der Waals surface area contributed by atoms with E-state index >= 15 is 0 Å². The van der Waals surface area contributed by atoms with Crippen molar-refractivity contribution in [1.82, 2.24) is 0 Å². The van der Waals surface area contributed by atoms with E-state index in [9.17, 15) is 0 Å². The first-order valence-corrected chi connectivity index (χ1v) is 4.85. The van der Waals surface area contributed by atoms with Gasteiger partial charge in [0.05, 0.1) is 6.61 Å². The van der Waals surface area contributed by atoms with E-state index in [1.54, 1.807) is 0 Å². The fourth-order valence-corrected chi connectivity index (χ4v) is 1.37. The maximum absolute atomic E-state index is 5.87. The van der Waals surface area contributed by atoms with E-state index in [0.29, 0.717) is 0 Å². The summed E-state index contributed by atoms with van der Waals surface area (Å²) >= 11 is 0. The zero-order chi connectivity index (χ0) is 9.68. The first-order chi connectivity index (χ1) is 6.38. The van der Waals surface area contributed by atoms with Crippen LogP contribution in [0.2, 0.25) is 0 Å². The van der Waals surface area contributed by atoms with E-state index in [4.69, 9.17) is 10.5 Å². The highest BCUT2D eigenvalue weighted by Crippen LogP contribution is 2.29. The summed E-state index contributed by atoms with van der Waals surface area (Å²) < 4.78 is 5.41. The lowest BCUT2D eigenvalue weighted by Gasteiger charge is -2.22. The van der Waals surface area contributed by atoms with Gasteiger partial charge < -0.3 is 10.5 Å². The van der Waals surface area contributed by atoms with Crippen molar-refractivity contribution in [3.8, 4) is 5.75 Å². The van der Waals surface area contributed by atoms with Gasteiger partial charge in [-0.1, -0.05) is 32.0 Å². The molecular weight excluding hydrogens is 162 g/mol. The molecule has 0 amide bonds. The third-order valence-corrected chi connectivity index (χ3v) is 2.00. The molecule has 1 aromatic rings. The van der Waals surface area contributed by atoms with Gasteiger partial charge in [-0.2, -0.15) is 0 Å². The second-order valence-electron chi connectivity index (χ2n) is 2.78. The van der Waals surface area contributed by atoms with Crippen LogP contribution < -0.4 is 10.5 Å². The van der Waals surface area contributed by atoms with E-state index in [1.807, 2.05) is 38.1 Å². The molecule has 72 valence electrons. The lowest BCUT2D eigenvalue weighted by atomic mass is 10.0. The predicted molar refractivity (Wildman–Crippen MR) is 54.8 cm³/mol. The van der Waals surface area contributed by atoms with Crippen LogP contribution in [0.5, 0.6) is 5.75 Å². The van der Waals surface area contributed by atoms with Gasteiger partial charge in [-0.15, -0.1) is 0 Å². The van der Waals surface area contributed by atoms with Crippen LogP contribution in [0.1, 0.15) is 31.9 Å². The van der Waals surface area contributed by atoms with Crippen LogP contribution in [0.25, 0.3) is 0 Å². The normalized spacial score (nSPS) is 19.2. The topological polar surface area (TPSA) is 35.2 Å². The Kier molecular flexibility index (Phi) is 3.77. The van der Waals surface area contributed by atoms with Crippen molar-refractivity contribution < 1.29 is 4.74 Å². The van der Waals surface area contributed by atoms with E-state index in [2.05, 4.69) is 0 Å². The van der Waals surface area contributed by atoms with Gasteiger partial charge in [0.2, 0.25) is 0 Å². The standard InChI is InChI=1S/C9H11NO.C2H6/c10-8-5-6-11-9-4-2-1-3-7(8)9;1-2/h1-4,8H,5-6,10H2;1-2H3. The molecule has 2 N–H and O–H groups in total. The maximum Gasteiger partial charge on any atom is 0.124 e. The zero-order valence-corrected chi connectivity index (χ0v) is 8.29. The Hall–Kier alpha value is -1.02.